The minimum absolute atomic E-state index is 0.352. The third-order valence-corrected chi connectivity index (χ3v) is 3.79. The number of aliphatic carboxylic acids is 1. The number of carbonyl (C=O) groups is 1. The molecule has 0 spiro atoms. The molecule has 0 saturated heterocycles. The van der Waals surface area contributed by atoms with Crippen molar-refractivity contribution in [2.45, 2.75) is 18.2 Å². The van der Waals surface area contributed by atoms with Crippen LogP contribution < -0.4 is 0 Å². The van der Waals surface area contributed by atoms with E-state index in [-0.39, 0.29) is 5.92 Å². The number of carboxylic acid groups (broad SMARTS) is 1. The fraction of sp³-hybridized carbons (Fsp3) is 0.364. The van der Waals surface area contributed by atoms with Crippen molar-refractivity contribution in [3.05, 3.63) is 28.2 Å². The fourth-order valence-corrected chi connectivity index (χ4v) is 2.64. The molecule has 1 atom stereocenters. The van der Waals surface area contributed by atoms with Gasteiger partial charge in [-0.2, -0.15) is 0 Å². The van der Waals surface area contributed by atoms with Gasteiger partial charge in [0.1, 0.15) is 0 Å². The molecule has 4 heteroatoms. The normalized spacial score (nSPS) is 12.5. The smallest absolute Gasteiger partial charge is 0.306 e. The Hall–Kier alpha value is -0.480. The first kappa shape index (κ1) is 12.6. The lowest BCUT2D eigenvalue weighted by Gasteiger charge is -2.12. The van der Waals surface area contributed by atoms with Gasteiger partial charge in [0.15, 0.2) is 0 Å². The van der Waals surface area contributed by atoms with Crippen LogP contribution in [0.1, 0.15) is 12.5 Å². The molecule has 0 aliphatic rings. The van der Waals surface area contributed by atoms with Crippen molar-refractivity contribution >= 4 is 33.7 Å². The van der Waals surface area contributed by atoms with Crippen molar-refractivity contribution in [2.24, 2.45) is 5.92 Å². The van der Waals surface area contributed by atoms with Crippen molar-refractivity contribution in [3.63, 3.8) is 0 Å². The summed E-state index contributed by atoms with van der Waals surface area (Å²) >= 11 is 5.10. The van der Waals surface area contributed by atoms with E-state index in [4.69, 9.17) is 5.11 Å². The molecule has 1 rings (SSSR count). The number of benzene rings is 1. The summed E-state index contributed by atoms with van der Waals surface area (Å²) in [5.41, 5.74) is 1.08. The minimum Gasteiger partial charge on any atom is -0.481 e. The zero-order valence-corrected chi connectivity index (χ0v) is 11.1. The van der Waals surface area contributed by atoms with Gasteiger partial charge in [0.05, 0.1) is 5.92 Å². The van der Waals surface area contributed by atoms with Gasteiger partial charge in [-0.25, -0.2) is 0 Å². The Bertz CT molecular complexity index is 366. The van der Waals surface area contributed by atoms with Crippen LogP contribution in [0.3, 0.4) is 0 Å². The van der Waals surface area contributed by atoms with Crippen LogP contribution in [0, 0.1) is 5.92 Å². The van der Waals surface area contributed by atoms with Gasteiger partial charge in [0.25, 0.3) is 0 Å². The van der Waals surface area contributed by atoms with Gasteiger partial charge in [-0.15, -0.1) is 11.8 Å². The Labute approximate surface area is 102 Å². The Morgan fingerprint density at radius 3 is 2.80 bits per heavy atom. The quantitative estimate of drug-likeness (QED) is 0.863. The zero-order valence-electron chi connectivity index (χ0n) is 8.66. The average Bonchev–Trinajstić information content (AvgIpc) is 2.20. The van der Waals surface area contributed by atoms with Gasteiger partial charge in [-0.1, -0.05) is 28.9 Å². The molecule has 0 aliphatic heterocycles. The molecule has 82 valence electrons. The maximum absolute atomic E-state index is 10.8. The second-order valence-corrected chi connectivity index (χ2v) is 5.07. The van der Waals surface area contributed by atoms with Crippen LogP contribution in [0.15, 0.2) is 27.6 Å². The van der Waals surface area contributed by atoms with Crippen LogP contribution in [0.4, 0.5) is 0 Å². The SMILES string of the molecule is CSc1cccc(Br)c1CC(C)C(=O)O. The molecule has 1 N–H and O–H groups in total. The Balaban J connectivity index is 2.97. The van der Waals surface area contributed by atoms with Gasteiger partial charge >= 0.3 is 5.97 Å². The minimum atomic E-state index is -0.752. The van der Waals surface area contributed by atoms with Crippen molar-refractivity contribution < 1.29 is 9.90 Å². The van der Waals surface area contributed by atoms with Gasteiger partial charge in [0.2, 0.25) is 0 Å². The molecular weight excluding hydrogens is 276 g/mol. The van der Waals surface area contributed by atoms with E-state index in [0.29, 0.717) is 6.42 Å². The van der Waals surface area contributed by atoms with Crippen LogP contribution in [0.25, 0.3) is 0 Å². The van der Waals surface area contributed by atoms with Crippen LogP contribution in [-0.2, 0) is 11.2 Å². The molecule has 1 unspecified atom stereocenters. The van der Waals surface area contributed by atoms with Crippen LogP contribution in [0.2, 0.25) is 0 Å². The first-order valence-electron chi connectivity index (χ1n) is 4.60. The van der Waals surface area contributed by atoms with Crippen LogP contribution in [0.5, 0.6) is 0 Å². The first-order chi connectivity index (χ1) is 7.06. The zero-order chi connectivity index (χ0) is 11.4. The summed E-state index contributed by atoms with van der Waals surface area (Å²) in [7, 11) is 0. The highest BCUT2D eigenvalue weighted by molar-refractivity contribution is 9.10. The van der Waals surface area contributed by atoms with Gasteiger partial charge in [0, 0.05) is 9.37 Å². The highest BCUT2D eigenvalue weighted by atomic mass is 79.9. The summed E-state index contributed by atoms with van der Waals surface area (Å²) in [6.45, 7) is 1.73. The highest BCUT2D eigenvalue weighted by Gasteiger charge is 2.15. The molecule has 0 bridgehead atoms. The van der Waals surface area contributed by atoms with Crippen LogP contribution >= 0.6 is 27.7 Å². The van der Waals surface area contributed by atoms with Crippen molar-refractivity contribution in [1.29, 1.82) is 0 Å². The largest absolute Gasteiger partial charge is 0.481 e. The monoisotopic (exact) mass is 288 g/mol. The van der Waals surface area contributed by atoms with Crippen LogP contribution in [-0.4, -0.2) is 17.3 Å². The summed E-state index contributed by atoms with van der Waals surface area (Å²) in [6.07, 6.45) is 2.56. The molecule has 0 heterocycles. The summed E-state index contributed by atoms with van der Waals surface area (Å²) in [4.78, 5) is 11.9. The van der Waals surface area contributed by atoms with Crippen molar-refractivity contribution in [2.75, 3.05) is 6.26 Å². The van der Waals surface area contributed by atoms with Crippen molar-refractivity contribution in [3.8, 4) is 0 Å². The number of hydrogen-bond donors (Lipinski definition) is 1. The lowest BCUT2D eigenvalue weighted by Crippen LogP contribution is -2.13. The number of carboxylic acids is 1. The van der Waals surface area contributed by atoms with E-state index in [1.165, 1.54) is 0 Å². The third kappa shape index (κ3) is 3.24. The molecular formula is C11H13BrO2S. The number of halogens is 1. The maximum atomic E-state index is 10.8. The summed E-state index contributed by atoms with van der Waals surface area (Å²) < 4.78 is 0.988. The predicted octanol–water partition coefficient (Wildman–Crippen LogP) is 3.43. The fourth-order valence-electron chi connectivity index (χ4n) is 1.32. The molecule has 2 nitrogen and oxygen atoms in total. The standard InChI is InChI=1S/C11H13BrO2S/c1-7(11(13)14)6-8-9(12)4-3-5-10(8)15-2/h3-5,7H,6H2,1-2H3,(H,13,14). The van der Waals surface area contributed by atoms with Gasteiger partial charge in [-0.05, 0) is 30.4 Å². The topological polar surface area (TPSA) is 37.3 Å². The van der Waals surface area contributed by atoms with Gasteiger partial charge in [-0.3, -0.25) is 4.79 Å². The van der Waals surface area contributed by atoms with E-state index in [9.17, 15) is 4.79 Å². The van der Waals surface area contributed by atoms with E-state index >= 15 is 0 Å². The third-order valence-electron chi connectivity index (χ3n) is 2.23. The van der Waals surface area contributed by atoms with E-state index in [1.807, 2.05) is 24.5 Å². The summed E-state index contributed by atoms with van der Waals surface area (Å²) in [6, 6.07) is 5.92. The summed E-state index contributed by atoms with van der Waals surface area (Å²) in [5, 5.41) is 8.88. The maximum Gasteiger partial charge on any atom is 0.306 e. The second kappa shape index (κ2) is 5.56. The molecule has 1 aromatic carbocycles. The Morgan fingerprint density at radius 1 is 1.60 bits per heavy atom. The van der Waals surface area contributed by atoms with E-state index in [1.54, 1.807) is 18.7 Å². The number of rotatable bonds is 4. The Kier molecular flexibility index (Phi) is 4.67. The average molecular weight is 289 g/mol. The summed E-state index contributed by atoms with van der Waals surface area (Å²) in [5.74, 6) is -1.10. The van der Waals surface area contributed by atoms with Gasteiger partial charge < -0.3 is 5.11 Å². The van der Waals surface area contributed by atoms with E-state index in [0.717, 1.165) is 14.9 Å². The molecule has 0 aliphatic carbocycles. The highest BCUT2D eigenvalue weighted by Crippen LogP contribution is 2.29. The lowest BCUT2D eigenvalue weighted by molar-refractivity contribution is -0.141. The molecule has 0 amide bonds. The Morgan fingerprint density at radius 2 is 2.27 bits per heavy atom. The molecule has 0 fully saturated rings. The first-order valence-corrected chi connectivity index (χ1v) is 6.62. The molecule has 0 radical (unpaired) electrons. The van der Waals surface area contributed by atoms with E-state index < -0.39 is 5.97 Å². The number of thioether (sulfide) groups is 1. The molecule has 1 aromatic rings. The molecule has 0 aromatic heterocycles. The lowest BCUT2D eigenvalue weighted by atomic mass is 10.0. The molecule has 0 saturated carbocycles. The predicted molar refractivity (Wildman–Crippen MR) is 66.4 cm³/mol. The molecule has 15 heavy (non-hydrogen) atoms. The second-order valence-electron chi connectivity index (χ2n) is 3.36. The van der Waals surface area contributed by atoms with E-state index in [2.05, 4.69) is 15.9 Å². The number of hydrogen-bond acceptors (Lipinski definition) is 2. The van der Waals surface area contributed by atoms with Crippen molar-refractivity contribution in [1.82, 2.24) is 0 Å².